The molecule has 0 saturated heterocycles. The van der Waals surface area contributed by atoms with E-state index in [-0.39, 0.29) is 5.69 Å². The van der Waals surface area contributed by atoms with Crippen LogP contribution in [0, 0.1) is 0 Å². The van der Waals surface area contributed by atoms with Crippen LogP contribution in [0.1, 0.15) is 10.5 Å². The van der Waals surface area contributed by atoms with E-state index in [1.807, 2.05) is 0 Å². The van der Waals surface area contributed by atoms with E-state index in [0.29, 0.717) is 5.75 Å². The number of aromatic nitrogens is 1. The van der Waals surface area contributed by atoms with Gasteiger partial charge in [0.15, 0.2) is 0 Å². The van der Waals surface area contributed by atoms with E-state index < -0.39 is 5.97 Å². The minimum absolute atomic E-state index is 0.0771. The average Bonchev–Trinajstić information content (AvgIpc) is 2.59. The van der Waals surface area contributed by atoms with Crippen molar-refractivity contribution < 1.29 is 14.6 Å². The summed E-state index contributed by atoms with van der Waals surface area (Å²) >= 11 is 0. The Morgan fingerprint density at radius 1 is 1.43 bits per heavy atom. The molecule has 0 amide bonds. The Bertz CT molecular complexity index is 487. The molecule has 4 nitrogen and oxygen atoms in total. The van der Waals surface area contributed by atoms with E-state index in [2.05, 4.69) is 4.98 Å². The molecule has 0 aliphatic carbocycles. The van der Waals surface area contributed by atoms with E-state index in [9.17, 15) is 9.90 Å². The lowest BCUT2D eigenvalue weighted by atomic mass is 10.2. The van der Waals surface area contributed by atoms with Crippen LogP contribution in [0.3, 0.4) is 0 Å². The number of carbonyl (C=O) groups is 1. The van der Waals surface area contributed by atoms with Gasteiger partial charge in [0.05, 0.1) is 18.8 Å². The standard InChI is InChI=1S/C10H9NO3/c1-14-7-3-2-6-4-9(10(12)13)11-8(6)5-7/h2-5,11H,1H3,(H,12,13)/p-1. The minimum atomic E-state index is -1.21. The van der Waals surface area contributed by atoms with Gasteiger partial charge < -0.3 is 19.6 Å². The maximum Gasteiger partial charge on any atom is 0.120 e. The summed E-state index contributed by atoms with van der Waals surface area (Å²) in [4.78, 5) is 13.3. The monoisotopic (exact) mass is 190 g/mol. The molecule has 0 unspecified atom stereocenters. The Morgan fingerprint density at radius 2 is 2.21 bits per heavy atom. The van der Waals surface area contributed by atoms with Crippen LogP contribution < -0.4 is 9.84 Å². The first kappa shape index (κ1) is 8.62. The Balaban J connectivity index is 2.60. The third-order valence-corrected chi connectivity index (χ3v) is 2.05. The summed E-state index contributed by atoms with van der Waals surface area (Å²) in [6.07, 6.45) is 0. The van der Waals surface area contributed by atoms with Crippen LogP contribution in [0.5, 0.6) is 5.75 Å². The molecule has 0 saturated carbocycles. The number of nitrogens with one attached hydrogen (secondary N) is 1. The zero-order valence-corrected chi connectivity index (χ0v) is 7.53. The number of rotatable bonds is 2. The highest BCUT2D eigenvalue weighted by Gasteiger charge is 2.02. The van der Waals surface area contributed by atoms with Gasteiger partial charge >= 0.3 is 0 Å². The molecule has 0 fully saturated rings. The fourth-order valence-corrected chi connectivity index (χ4v) is 1.34. The third kappa shape index (κ3) is 1.31. The van der Waals surface area contributed by atoms with Gasteiger partial charge in [-0.05, 0) is 18.2 Å². The summed E-state index contributed by atoms with van der Waals surface area (Å²) in [5.74, 6) is -0.524. The molecule has 1 heterocycles. The fourth-order valence-electron chi connectivity index (χ4n) is 1.34. The molecule has 2 rings (SSSR count). The van der Waals surface area contributed by atoms with E-state index in [1.54, 1.807) is 25.3 Å². The topological polar surface area (TPSA) is 65.2 Å². The largest absolute Gasteiger partial charge is 0.543 e. The molecule has 0 radical (unpaired) electrons. The van der Waals surface area contributed by atoms with Crippen molar-refractivity contribution >= 4 is 16.9 Å². The van der Waals surface area contributed by atoms with E-state index in [0.717, 1.165) is 10.9 Å². The molecule has 14 heavy (non-hydrogen) atoms. The van der Waals surface area contributed by atoms with Crippen molar-refractivity contribution in [1.29, 1.82) is 0 Å². The molecular formula is C10H8NO3-. The summed E-state index contributed by atoms with van der Waals surface area (Å²) in [5.41, 5.74) is 0.803. The van der Waals surface area contributed by atoms with Gasteiger partial charge in [-0.1, -0.05) is 0 Å². The van der Waals surface area contributed by atoms with Gasteiger partial charge in [-0.25, -0.2) is 0 Å². The number of carbonyl (C=O) groups excluding carboxylic acids is 1. The average molecular weight is 190 g/mol. The number of hydrogen-bond donors (Lipinski definition) is 1. The van der Waals surface area contributed by atoms with Crippen molar-refractivity contribution in [3.8, 4) is 5.75 Å². The highest BCUT2D eigenvalue weighted by Crippen LogP contribution is 2.20. The lowest BCUT2D eigenvalue weighted by Crippen LogP contribution is -2.22. The molecule has 1 N–H and O–H groups in total. The number of aromatic carboxylic acids is 1. The smallest absolute Gasteiger partial charge is 0.120 e. The number of benzene rings is 1. The van der Waals surface area contributed by atoms with E-state index >= 15 is 0 Å². The molecule has 0 aliphatic heterocycles. The van der Waals surface area contributed by atoms with Crippen LogP contribution in [0.15, 0.2) is 24.3 Å². The quantitative estimate of drug-likeness (QED) is 0.751. The Kier molecular flexibility index (Phi) is 1.89. The Hall–Kier alpha value is -1.97. The van der Waals surface area contributed by atoms with Gasteiger partial charge in [-0.15, -0.1) is 0 Å². The second kappa shape index (κ2) is 3.06. The van der Waals surface area contributed by atoms with Gasteiger partial charge in [-0.2, -0.15) is 0 Å². The molecule has 72 valence electrons. The van der Waals surface area contributed by atoms with Crippen LogP contribution in [-0.4, -0.2) is 18.1 Å². The van der Waals surface area contributed by atoms with E-state index in [1.165, 1.54) is 6.07 Å². The lowest BCUT2D eigenvalue weighted by Gasteiger charge is -1.97. The fraction of sp³-hybridized carbons (Fsp3) is 0.100. The van der Waals surface area contributed by atoms with Crippen molar-refractivity contribution in [2.45, 2.75) is 0 Å². The number of fused-ring (bicyclic) bond motifs is 1. The lowest BCUT2D eigenvalue weighted by molar-refractivity contribution is -0.255. The predicted octanol–water partition coefficient (Wildman–Crippen LogP) is 0.540. The minimum Gasteiger partial charge on any atom is -0.543 e. The zero-order valence-electron chi connectivity index (χ0n) is 7.53. The van der Waals surface area contributed by atoms with Crippen molar-refractivity contribution in [1.82, 2.24) is 4.98 Å². The first-order chi connectivity index (χ1) is 6.70. The zero-order chi connectivity index (χ0) is 10.1. The van der Waals surface area contributed by atoms with Crippen molar-refractivity contribution in [2.75, 3.05) is 7.11 Å². The number of ether oxygens (including phenoxy) is 1. The molecular weight excluding hydrogens is 182 g/mol. The molecule has 4 heteroatoms. The summed E-state index contributed by atoms with van der Waals surface area (Å²) in [5, 5.41) is 11.4. The van der Waals surface area contributed by atoms with Crippen molar-refractivity contribution in [3.63, 3.8) is 0 Å². The van der Waals surface area contributed by atoms with Crippen LogP contribution in [-0.2, 0) is 0 Å². The van der Waals surface area contributed by atoms with Crippen LogP contribution in [0.25, 0.3) is 10.9 Å². The second-order valence-electron chi connectivity index (χ2n) is 2.92. The first-order valence-electron chi connectivity index (χ1n) is 4.09. The molecule has 0 spiro atoms. The van der Waals surface area contributed by atoms with Gasteiger partial charge in [-0.3, -0.25) is 0 Å². The second-order valence-corrected chi connectivity index (χ2v) is 2.92. The maximum absolute atomic E-state index is 10.6. The Labute approximate surface area is 80.1 Å². The maximum atomic E-state index is 10.6. The summed E-state index contributed by atoms with van der Waals surface area (Å²) < 4.78 is 5.01. The number of aromatic amines is 1. The van der Waals surface area contributed by atoms with E-state index in [4.69, 9.17) is 4.74 Å². The number of methoxy groups -OCH3 is 1. The number of hydrogen-bond acceptors (Lipinski definition) is 3. The van der Waals surface area contributed by atoms with Crippen LogP contribution in [0.4, 0.5) is 0 Å². The third-order valence-electron chi connectivity index (χ3n) is 2.05. The number of carboxylic acid groups (broad SMARTS) is 1. The van der Waals surface area contributed by atoms with Crippen molar-refractivity contribution in [2.24, 2.45) is 0 Å². The van der Waals surface area contributed by atoms with Crippen LogP contribution >= 0.6 is 0 Å². The van der Waals surface area contributed by atoms with Crippen molar-refractivity contribution in [3.05, 3.63) is 30.0 Å². The SMILES string of the molecule is COc1ccc2cc(C(=O)[O-])[nH]c2c1. The van der Waals surface area contributed by atoms with Gasteiger partial charge in [0.1, 0.15) is 5.75 Å². The highest BCUT2D eigenvalue weighted by molar-refractivity contribution is 5.93. The normalized spacial score (nSPS) is 10.4. The highest BCUT2D eigenvalue weighted by atomic mass is 16.5. The van der Waals surface area contributed by atoms with Gasteiger partial charge in [0.2, 0.25) is 0 Å². The summed E-state index contributed by atoms with van der Waals surface area (Å²) in [6.45, 7) is 0. The molecule has 0 atom stereocenters. The summed E-state index contributed by atoms with van der Waals surface area (Å²) in [6, 6.07) is 6.83. The molecule has 1 aromatic heterocycles. The first-order valence-corrected chi connectivity index (χ1v) is 4.09. The predicted molar refractivity (Wildman–Crippen MR) is 49.2 cm³/mol. The molecule has 0 aliphatic rings. The number of carboxylic acids is 1. The molecule has 0 bridgehead atoms. The number of H-pyrrole nitrogens is 1. The van der Waals surface area contributed by atoms with Gasteiger partial charge in [0.25, 0.3) is 0 Å². The van der Waals surface area contributed by atoms with Gasteiger partial charge in [0, 0.05) is 17.0 Å². The molecule has 2 aromatic rings. The molecule has 1 aromatic carbocycles. The van der Waals surface area contributed by atoms with Crippen LogP contribution in [0.2, 0.25) is 0 Å². The summed E-state index contributed by atoms with van der Waals surface area (Å²) in [7, 11) is 1.56. The Morgan fingerprint density at radius 3 is 2.86 bits per heavy atom.